The van der Waals surface area contributed by atoms with Crippen LogP contribution < -0.4 is 5.32 Å². The zero-order valence-corrected chi connectivity index (χ0v) is 9.25. The Labute approximate surface area is 85.6 Å². The van der Waals surface area contributed by atoms with E-state index in [0.29, 0.717) is 6.54 Å². The van der Waals surface area contributed by atoms with E-state index in [2.05, 4.69) is 5.32 Å². The van der Waals surface area contributed by atoms with Crippen molar-refractivity contribution in [2.45, 2.75) is 45.8 Å². The van der Waals surface area contributed by atoms with Crippen molar-refractivity contribution in [3.05, 3.63) is 0 Å². The van der Waals surface area contributed by atoms with Gasteiger partial charge in [-0.15, -0.1) is 0 Å². The summed E-state index contributed by atoms with van der Waals surface area (Å²) in [4.78, 5) is 10.8. The summed E-state index contributed by atoms with van der Waals surface area (Å²) < 4.78 is 5.37. The summed E-state index contributed by atoms with van der Waals surface area (Å²) >= 11 is 0. The second-order valence-corrected chi connectivity index (χ2v) is 3.40. The first-order valence-corrected chi connectivity index (χ1v) is 5.19. The van der Waals surface area contributed by atoms with E-state index in [1.807, 2.05) is 20.8 Å². The first-order valence-electron chi connectivity index (χ1n) is 5.19. The van der Waals surface area contributed by atoms with Crippen molar-refractivity contribution in [2.75, 3.05) is 13.2 Å². The van der Waals surface area contributed by atoms with Crippen LogP contribution in [0.1, 0.15) is 33.6 Å². The van der Waals surface area contributed by atoms with Crippen molar-refractivity contribution in [1.82, 2.24) is 5.32 Å². The molecule has 0 amide bonds. The number of ether oxygens (including phenoxy) is 1. The van der Waals surface area contributed by atoms with E-state index in [1.165, 1.54) is 0 Å². The molecule has 0 saturated carbocycles. The lowest BCUT2D eigenvalue weighted by Crippen LogP contribution is -2.41. The van der Waals surface area contributed by atoms with Crippen LogP contribution in [0, 0.1) is 0 Å². The van der Waals surface area contributed by atoms with E-state index in [4.69, 9.17) is 9.84 Å². The third-order valence-corrected chi connectivity index (χ3v) is 2.06. The van der Waals surface area contributed by atoms with Crippen LogP contribution in [0.3, 0.4) is 0 Å². The maximum Gasteiger partial charge on any atom is 0.323 e. The SMILES string of the molecule is CCCNC(COC(C)CC)C(=O)O. The Balaban J connectivity index is 3.79. The Hall–Kier alpha value is -0.610. The van der Waals surface area contributed by atoms with Crippen LogP contribution in [0.4, 0.5) is 0 Å². The van der Waals surface area contributed by atoms with Crippen molar-refractivity contribution in [2.24, 2.45) is 0 Å². The maximum atomic E-state index is 10.8. The summed E-state index contributed by atoms with van der Waals surface area (Å²) in [7, 11) is 0. The third kappa shape index (κ3) is 5.94. The highest BCUT2D eigenvalue weighted by Gasteiger charge is 2.17. The molecule has 0 spiro atoms. The van der Waals surface area contributed by atoms with E-state index in [9.17, 15) is 4.79 Å². The van der Waals surface area contributed by atoms with Crippen LogP contribution >= 0.6 is 0 Å². The fraction of sp³-hybridized carbons (Fsp3) is 0.900. The molecule has 0 aliphatic heterocycles. The minimum atomic E-state index is -0.846. The van der Waals surface area contributed by atoms with Gasteiger partial charge in [0.1, 0.15) is 6.04 Å². The Morgan fingerprint density at radius 2 is 2.14 bits per heavy atom. The molecule has 0 aromatic rings. The van der Waals surface area contributed by atoms with Crippen molar-refractivity contribution in [3.8, 4) is 0 Å². The molecule has 84 valence electrons. The molecule has 0 saturated heterocycles. The molecule has 0 rings (SSSR count). The lowest BCUT2D eigenvalue weighted by Gasteiger charge is -2.17. The smallest absolute Gasteiger partial charge is 0.323 e. The fourth-order valence-corrected chi connectivity index (χ4v) is 0.914. The molecule has 2 unspecified atom stereocenters. The number of aliphatic carboxylic acids is 1. The van der Waals surface area contributed by atoms with Crippen LogP contribution in [-0.4, -0.2) is 36.4 Å². The Kier molecular flexibility index (Phi) is 7.42. The van der Waals surface area contributed by atoms with E-state index in [1.54, 1.807) is 0 Å². The minimum absolute atomic E-state index is 0.125. The van der Waals surface area contributed by atoms with Crippen molar-refractivity contribution in [3.63, 3.8) is 0 Å². The predicted molar refractivity (Wildman–Crippen MR) is 55.4 cm³/mol. The topological polar surface area (TPSA) is 58.6 Å². The van der Waals surface area contributed by atoms with Crippen LogP contribution in [0.2, 0.25) is 0 Å². The molecule has 2 N–H and O–H groups in total. The molecular weight excluding hydrogens is 182 g/mol. The largest absolute Gasteiger partial charge is 0.480 e. The number of hydrogen-bond donors (Lipinski definition) is 2. The summed E-state index contributed by atoms with van der Waals surface area (Å²) in [6, 6.07) is -0.580. The highest BCUT2D eigenvalue weighted by atomic mass is 16.5. The van der Waals surface area contributed by atoms with Crippen LogP contribution in [0.5, 0.6) is 0 Å². The van der Waals surface area contributed by atoms with Gasteiger partial charge >= 0.3 is 5.97 Å². The van der Waals surface area contributed by atoms with Gasteiger partial charge in [-0.05, 0) is 26.3 Å². The molecule has 0 heterocycles. The lowest BCUT2D eigenvalue weighted by atomic mass is 10.3. The first kappa shape index (κ1) is 13.4. The van der Waals surface area contributed by atoms with E-state index >= 15 is 0 Å². The molecule has 0 bridgehead atoms. The van der Waals surface area contributed by atoms with Crippen LogP contribution in [0.15, 0.2) is 0 Å². The summed E-state index contributed by atoms with van der Waals surface area (Å²) in [5.41, 5.74) is 0. The third-order valence-electron chi connectivity index (χ3n) is 2.06. The number of hydrogen-bond acceptors (Lipinski definition) is 3. The molecule has 0 radical (unpaired) electrons. The van der Waals surface area contributed by atoms with Gasteiger partial charge in [-0.3, -0.25) is 4.79 Å². The van der Waals surface area contributed by atoms with Gasteiger partial charge in [0.05, 0.1) is 12.7 Å². The maximum absolute atomic E-state index is 10.8. The lowest BCUT2D eigenvalue weighted by molar-refractivity contribution is -0.141. The highest BCUT2D eigenvalue weighted by Crippen LogP contribution is 1.97. The fourth-order valence-electron chi connectivity index (χ4n) is 0.914. The molecule has 0 aliphatic rings. The van der Waals surface area contributed by atoms with Gasteiger partial charge in [-0.2, -0.15) is 0 Å². The van der Waals surface area contributed by atoms with Gasteiger partial charge < -0.3 is 15.2 Å². The zero-order chi connectivity index (χ0) is 11.0. The Morgan fingerprint density at radius 1 is 1.50 bits per heavy atom. The Bertz CT molecular complexity index is 161. The molecule has 0 aromatic carbocycles. The predicted octanol–water partition coefficient (Wildman–Crippen LogP) is 1.25. The van der Waals surface area contributed by atoms with Crippen LogP contribution in [-0.2, 0) is 9.53 Å². The molecule has 0 aliphatic carbocycles. The zero-order valence-electron chi connectivity index (χ0n) is 9.25. The summed E-state index contributed by atoms with van der Waals surface area (Å²) in [6.07, 6.45) is 1.95. The minimum Gasteiger partial charge on any atom is -0.480 e. The molecule has 0 fully saturated rings. The number of rotatable bonds is 8. The molecular formula is C10H21NO3. The van der Waals surface area contributed by atoms with E-state index in [0.717, 1.165) is 12.8 Å². The van der Waals surface area contributed by atoms with Gasteiger partial charge in [0, 0.05) is 0 Å². The van der Waals surface area contributed by atoms with E-state index < -0.39 is 12.0 Å². The van der Waals surface area contributed by atoms with E-state index in [-0.39, 0.29) is 12.7 Å². The van der Waals surface area contributed by atoms with Gasteiger partial charge in [0.25, 0.3) is 0 Å². The summed E-state index contributed by atoms with van der Waals surface area (Å²) in [5, 5.41) is 11.8. The molecule has 0 aromatic heterocycles. The number of carboxylic acid groups (broad SMARTS) is 1. The second-order valence-electron chi connectivity index (χ2n) is 3.40. The monoisotopic (exact) mass is 203 g/mol. The normalized spacial score (nSPS) is 15.1. The standard InChI is InChI=1S/C10H21NO3/c1-4-6-11-9(10(12)13)7-14-8(3)5-2/h8-9,11H,4-7H2,1-3H3,(H,12,13). The van der Waals surface area contributed by atoms with Gasteiger partial charge in [-0.25, -0.2) is 0 Å². The molecule has 4 heteroatoms. The molecule has 2 atom stereocenters. The van der Waals surface area contributed by atoms with Crippen LogP contribution in [0.25, 0.3) is 0 Å². The van der Waals surface area contributed by atoms with Gasteiger partial charge in [0.2, 0.25) is 0 Å². The summed E-state index contributed by atoms with van der Waals surface area (Å²) in [6.45, 7) is 6.91. The Morgan fingerprint density at radius 3 is 2.57 bits per heavy atom. The number of carboxylic acids is 1. The quantitative estimate of drug-likeness (QED) is 0.623. The molecule has 4 nitrogen and oxygen atoms in total. The second kappa shape index (κ2) is 7.76. The summed E-state index contributed by atoms with van der Waals surface area (Å²) in [5.74, 6) is -0.846. The van der Waals surface area contributed by atoms with Crippen molar-refractivity contribution < 1.29 is 14.6 Å². The average molecular weight is 203 g/mol. The number of carbonyl (C=O) groups is 1. The van der Waals surface area contributed by atoms with Gasteiger partial charge in [-0.1, -0.05) is 13.8 Å². The van der Waals surface area contributed by atoms with Gasteiger partial charge in [0.15, 0.2) is 0 Å². The van der Waals surface area contributed by atoms with Crippen molar-refractivity contribution >= 4 is 5.97 Å². The average Bonchev–Trinajstić information content (AvgIpc) is 2.16. The molecule has 14 heavy (non-hydrogen) atoms. The number of nitrogens with one attached hydrogen (secondary N) is 1. The first-order chi connectivity index (χ1) is 6.61. The van der Waals surface area contributed by atoms with Crippen molar-refractivity contribution in [1.29, 1.82) is 0 Å². The highest BCUT2D eigenvalue weighted by molar-refractivity contribution is 5.73.